The van der Waals surface area contributed by atoms with Crippen molar-refractivity contribution >= 4 is 34.1 Å². The molecule has 0 aliphatic heterocycles. The lowest BCUT2D eigenvalue weighted by molar-refractivity contribution is -0.113. The summed E-state index contributed by atoms with van der Waals surface area (Å²) in [5.41, 5.74) is 0. The molecule has 1 amide bonds. The molecule has 0 saturated heterocycles. The average Bonchev–Trinajstić information content (AvgIpc) is 3.17. The van der Waals surface area contributed by atoms with E-state index in [0.717, 1.165) is 4.90 Å². The highest BCUT2D eigenvalue weighted by Gasteiger charge is 2.11. The van der Waals surface area contributed by atoms with Crippen LogP contribution in [-0.2, 0) is 4.79 Å². The van der Waals surface area contributed by atoms with Gasteiger partial charge >= 0.3 is 0 Å². The summed E-state index contributed by atoms with van der Waals surface area (Å²) in [5, 5.41) is 11.8. The maximum atomic E-state index is 11.9. The molecule has 0 aliphatic carbocycles. The van der Waals surface area contributed by atoms with Crippen LogP contribution >= 0.6 is 23.1 Å². The highest BCUT2D eigenvalue weighted by molar-refractivity contribution is 8.00. The molecule has 0 radical (unpaired) electrons. The molecule has 0 bridgehead atoms. The van der Waals surface area contributed by atoms with Gasteiger partial charge in [0, 0.05) is 4.90 Å². The number of benzene rings is 1. The van der Waals surface area contributed by atoms with Gasteiger partial charge in [-0.15, -0.1) is 22.0 Å². The summed E-state index contributed by atoms with van der Waals surface area (Å²) in [6, 6.07) is 13.4. The predicted octanol–water partition coefficient (Wildman–Crippen LogP) is 3.53. The van der Waals surface area contributed by atoms with E-state index in [9.17, 15) is 4.79 Å². The first-order valence-electron chi connectivity index (χ1n) is 6.16. The maximum Gasteiger partial charge on any atom is 0.236 e. The minimum atomic E-state index is -0.106. The summed E-state index contributed by atoms with van der Waals surface area (Å²) in [4.78, 5) is 12.9. The van der Waals surface area contributed by atoms with Crippen molar-refractivity contribution in [2.75, 3.05) is 11.1 Å². The average molecular weight is 317 g/mol. The number of amides is 1. The van der Waals surface area contributed by atoms with Crippen LogP contribution in [0, 0.1) is 0 Å². The van der Waals surface area contributed by atoms with Gasteiger partial charge in [0.25, 0.3) is 0 Å². The largest absolute Gasteiger partial charge is 0.462 e. The van der Waals surface area contributed by atoms with Gasteiger partial charge in [-0.2, -0.15) is 0 Å². The van der Waals surface area contributed by atoms with Gasteiger partial charge in [-0.25, -0.2) is 0 Å². The molecule has 0 saturated carbocycles. The minimum Gasteiger partial charge on any atom is -0.462 e. The van der Waals surface area contributed by atoms with E-state index < -0.39 is 0 Å². The summed E-state index contributed by atoms with van der Waals surface area (Å²) < 4.78 is 5.23. The van der Waals surface area contributed by atoms with Crippen LogP contribution < -0.4 is 5.32 Å². The third-order valence-corrected chi connectivity index (χ3v) is 4.38. The number of furan rings is 1. The summed E-state index contributed by atoms with van der Waals surface area (Å²) in [5.74, 6) is 0.873. The van der Waals surface area contributed by atoms with Crippen molar-refractivity contribution in [2.45, 2.75) is 4.90 Å². The van der Waals surface area contributed by atoms with Crippen LogP contribution in [0.2, 0.25) is 0 Å². The first-order chi connectivity index (χ1) is 10.3. The van der Waals surface area contributed by atoms with Crippen molar-refractivity contribution in [3.63, 3.8) is 0 Å². The molecule has 3 aromatic rings. The first-order valence-corrected chi connectivity index (χ1v) is 7.96. The van der Waals surface area contributed by atoms with Gasteiger partial charge in [0.1, 0.15) is 0 Å². The second-order valence-corrected chi connectivity index (χ2v) is 6.07. The molecule has 1 N–H and O–H groups in total. The van der Waals surface area contributed by atoms with Gasteiger partial charge in [0.05, 0.1) is 12.0 Å². The summed E-state index contributed by atoms with van der Waals surface area (Å²) in [7, 11) is 0. The Balaban J connectivity index is 1.55. The molecule has 0 fully saturated rings. The second-order valence-electron chi connectivity index (χ2n) is 4.04. The Morgan fingerprint density at radius 3 is 2.81 bits per heavy atom. The molecule has 106 valence electrons. The molecule has 0 unspecified atom stereocenters. The monoisotopic (exact) mass is 317 g/mol. The van der Waals surface area contributed by atoms with Crippen LogP contribution in [0.3, 0.4) is 0 Å². The number of nitrogens with one attached hydrogen (secondary N) is 1. The van der Waals surface area contributed by atoms with E-state index in [1.807, 2.05) is 30.3 Å². The predicted molar refractivity (Wildman–Crippen MR) is 83.4 cm³/mol. The zero-order chi connectivity index (χ0) is 14.5. The lowest BCUT2D eigenvalue weighted by Gasteiger charge is -2.01. The van der Waals surface area contributed by atoms with Crippen molar-refractivity contribution < 1.29 is 9.21 Å². The molecule has 3 rings (SSSR count). The van der Waals surface area contributed by atoms with E-state index in [0.29, 0.717) is 21.7 Å². The molecule has 0 atom stereocenters. The number of thioether (sulfide) groups is 1. The Morgan fingerprint density at radius 1 is 1.19 bits per heavy atom. The standard InChI is InChI=1S/C14H11N3O2S2/c18-12(9-20-10-5-2-1-3-6-10)15-14-17-16-13(21-14)11-7-4-8-19-11/h1-8H,9H2,(H,15,17,18). The molecule has 21 heavy (non-hydrogen) atoms. The SMILES string of the molecule is O=C(CSc1ccccc1)Nc1nnc(-c2ccco2)s1. The van der Waals surface area contributed by atoms with Crippen LogP contribution in [0.4, 0.5) is 5.13 Å². The Bertz CT molecular complexity index is 711. The van der Waals surface area contributed by atoms with Crippen LogP contribution in [0.25, 0.3) is 10.8 Å². The quantitative estimate of drug-likeness (QED) is 0.729. The molecule has 1 aromatic carbocycles. The van der Waals surface area contributed by atoms with Gasteiger partial charge in [-0.1, -0.05) is 29.5 Å². The van der Waals surface area contributed by atoms with Crippen molar-refractivity contribution in [3.8, 4) is 10.8 Å². The van der Waals surface area contributed by atoms with Crippen molar-refractivity contribution in [1.29, 1.82) is 0 Å². The highest BCUT2D eigenvalue weighted by Crippen LogP contribution is 2.26. The second kappa shape index (κ2) is 6.55. The first kappa shape index (κ1) is 13.8. The lowest BCUT2D eigenvalue weighted by Crippen LogP contribution is -2.13. The third-order valence-electron chi connectivity index (χ3n) is 2.52. The molecular weight excluding hydrogens is 306 g/mol. The van der Waals surface area contributed by atoms with Gasteiger partial charge in [-0.05, 0) is 24.3 Å². The zero-order valence-electron chi connectivity index (χ0n) is 10.9. The number of rotatable bonds is 5. The van der Waals surface area contributed by atoms with E-state index in [4.69, 9.17) is 4.42 Å². The summed E-state index contributed by atoms with van der Waals surface area (Å²) in [6.07, 6.45) is 1.57. The number of carbonyl (C=O) groups excluding carboxylic acids is 1. The number of hydrogen-bond acceptors (Lipinski definition) is 6. The number of hydrogen-bond donors (Lipinski definition) is 1. The number of nitrogens with zero attached hydrogens (tertiary/aromatic N) is 2. The van der Waals surface area contributed by atoms with Crippen LogP contribution in [-0.4, -0.2) is 21.9 Å². The fourth-order valence-electron chi connectivity index (χ4n) is 1.59. The van der Waals surface area contributed by atoms with Gasteiger partial charge in [0.2, 0.25) is 11.0 Å². The molecular formula is C14H11N3O2S2. The normalized spacial score (nSPS) is 10.5. The Labute approximate surface area is 129 Å². The summed E-state index contributed by atoms with van der Waals surface area (Å²) in [6.45, 7) is 0. The number of anilines is 1. The Morgan fingerprint density at radius 2 is 2.05 bits per heavy atom. The van der Waals surface area contributed by atoms with Gasteiger partial charge in [0.15, 0.2) is 10.8 Å². The van der Waals surface area contributed by atoms with E-state index in [1.165, 1.54) is 23.1 Å². The Hall–Kier alpha value is -2.12. The molecule has 0 spiro atoms. The lowest BCUT2D eigenvalue weighted by atomic mass is 10.4. The maximum absolute atomic E-state index is 11.9. The van der Waals surface area contributed by atoms with Crippen molar-refractivity contribution in [1.82, 2.24) is 10.2 Å². The van der Waals surface area contributed by atoms with Crippen molar-refractivity contribution in [2.24, 2.45) is 0 Å². The van der Waals surface area contributed by atoms with Crippen LogP contribution in [0.1, 0.15) is 0 Å². The van der Waals surface area contributed by atoms with E-state index in [-0.39, 0.29) is 5.91 Å². The van der Waals surface area contributed by atoms with Gasteiger partial charge in [-0.3, -0.25) is 10.1 Å². The van der Waals surface area contributed by atoms with Crippen molar-refractivity contribution in [3.05, 3.63) is 48.7 Å². The summed E-state index contributed by atoms with van der Waals surface area (Å²) >= 11 is 2.76. The highest BCUT2D eigenvalue weighted by atomic mass is 32.2. The smallest absolute Gasteiger partial charge is 0.236 e. The fraction of sp³-hybridized carbons (Fsp3) is 0.0714. The topological polar surface area (TPSA) is 68.0 Å². The zero-order valence-corrected chi connectivity index (χ0v) is 12.5. The van der Waals surface area contributed by atoms with Gasteiger partial charge < -0.3 is 4.42 Å². The molecule has 7 heteroatoms. The fourth-order valence-corrected chi connectivity index (χ4v) is 3.04. The minimum absolute atomic E-state index is 0.106. The Kier molecular flexibility index (Phi) is 4.32. The molecule has 0 aliphatic rings. The van der Waals surface area contributed by atoms with E-state index in [1.54, 1.807) is 18.4 Å². The number of aromatic nitrogens is 2. The molecule has 5 nitrogen and oxygen atoms in total. The molecule has 2 aromatic heterocycles. The number of carbonyl (C=O) groups is 1. The van der Waals surface area contributed by atoms with Crippen LogP contribution in [0.15, 0.2) is 58.0 Å². The molecule has 2 heterocycles. The van der Waals surface area contributed by atoms with E-state index >= 15 is 0 Å². The van der Waals surface area contributed by atoms with Crippen LogP contribution in [0.5, 0.6) is 0 Å². The van der Waals surface area contributed by atoms with E-state index in [2.05, 4.69) is 15.5 Å². The third kappa shape index (κ3) is 3.71.